The van der Waals surface area contributed by atoms with Crippen LogP contribution in [0.1, 0.15) is 18.5 Å². The highest BCUT2D eigenvalue weighted by molar-refractivity contribution is 5.22. The number of rotatable bonds is 2. The highest BCUT2D eigenvalue weighted by Crippen LogP contribution is 2.46. The summed E-state index contributed by atoms with van der Waals surface area (Å²) in [5.41, 5.74) is 7.06. The third-order valence-electron chi connectivity index (χ3n) is 2.50. The number of hydrogen-bond acceptors (Lipinski definition) is 3. The van der Waals surface area contributed by atoms with Gasteiger partial charge in [-0.05, 0) is 12.8 Å². The fourth-order valence-electron chi connectivity index (χ4n) is 1.49. The van der Waals surface area contributed by atoms with Gasteiger partial charge in [-0.15, -0.1) is 5.10 Å². The van der Waals surface area contributed by atoms with Gasteiger partial charge in [-0.1, -0.05) is 5.21 Å². The minimum Gasteiger partial charge on any atom is -0.330 e. The SMILES string of the molecule is Cn1nncc1C1(CN)CC1. The van der Waals surface area contributed by atoms with Crippen LogP contribution in [0.4, 0.5) is 0 Å². The van der Waals surface area contributed by atoms with Crippen LogP contribution in [0.3, 0.4) is 0 Å². The summed E-state index contributed by atoms with van der Waals surface area (Å²) in [5, 5.41) is 7.72. The van der Waals surface area contributed by atoms with Crippen molar-refractivity contribution in [1.29, 1.82) is 0 Å². The number of nitrogens with zero attached hydrogens (tertiary/aromatic N) is 3. The van der Waals surface area contributed by atoms with E-state index in [1.165, 1.54) is 18.5 Å². The van der Waals surface area contributed by atoms with E-state index in [9.17, 15) is 0 Å². The lowest BCUT2D eigenvalue weighted by Crippen LogP contribution is -2.22. The van der Waals surface area contributed by atoms with Crippen molar-refractivity contribution in [3.05, 3.63) is 11.9 Å². The molecule has 4 heteroatoms. The maximum atomic E-state index is 5.66. The van der Waals surface area contributed by atoms with Gasteiger partial charge in [-0.2, -0.15) is 0 Å². The number of aromatic nitrogens is 3. The molecule has 1 aliphatic carbocycles. The van der Waals surface area contributed by atoms with E-state index >= 15 is 0 Å². The Morgan fingerprint density at radius 3 is 2.82 bits per heavy atom. The molecule has 4 nitrogen and oxygen atoms in total. The summed E-state index contributed by atoms with van der Waals surface area (Å²) in [6, 6.07) is 0. The summed E-state index contributed by atoms with van der Waals surface area (Å²) in [4.78, 5) is 0. The van der Waals surface area contributed by atoms with Crippen molar-refractivity contribution in [3.8, 4) is 0 Å². The van der Waals surface area contributed by atoms with Gasteiger partial charge in [0, 0.05) is 19.0 Å². The van der Waals surface area contributed by atoms with Gasteiger partial charge in [0.05, 0.1) is 11.9 Å². The first-order chi connectivity index (χ1) is 5.28. The van der Waals surface area contributed by atoms with E-state index < -0.39 is 0 Å². The van der Waals surface area contributed by atoms with Gasteiger partial charge in [0.1, 0.15) is 0 Å². The van der Waals surface area contributed by atoms with Crippen LogP contribution in [-0.4, -0.2) is 21.5 Å². The van der Waals surface area contributed by atoms with Crippen LogP contribution in [0.15, 0.2) is 6.20 Å². The largest absolute Gasteiger partial charge is 0.330 e. The van der Waals surface area contributed by atoms with Crippen LogP contribution in [0.5, 0.6) is 0 Å². The summed E-state index contributed by atoms with van der Waals surface area (Å²) in [6.07, 6.45) is 4.19. The summed E-state index contributed by atoms with van der Waals surface area (Å²) in [6.45, 7) is 0.716. The van der Waals surface area contributed by atoms with Crippen LogP contribution in [0, 0.1) is 0 Å². The maximum absolute atomic E-state index is 5.66. The first-order valence-electron chi connectivity index (χ1n) is 3.84. The molecule has 2 N–H and O–H groups in total. The Bertz CT molecular complexity index is 261. The minimum atomic E-state index is 0.220. The van der Waals surface area contributed by atoms with Gasteiger partial charge in [0.15, 0.2) is 0 Å². The zero-order valence-corrected chi connectivity index (χ0v) is 6.62. The van der Waals surface area contributed by atoms with Crippen molar-refractivity contribution in [2.24, 2.45) is 12.8 Å². The summed E-state index contributed by atoms with van der Waals surface area (Å²) in [7, 11) is 1.91. The molecule has 0 spiro atoms. The fourth-order valence-corrected chi connectivity index (χ4v) is 1.49. The molecule has 1 saturated carbocycles. The fraction of sp³-hybridized carbons (Fsp3) is 0.714. The summed E-state index contributed by atoms with van der Waals surface area (Å²) >= 11 is 0. The molecule has 11 heavy (non-hydrogen) atoms. The number of nitrogens with two attached hydrogens (primary N) is 1. The molecule has 1 aliphatic rings. The molecule has 0 amide bonds. The second kappa shape index (κ2) is 2.04. The molecule has 0 radical (unpaired) electrons. The quantitative estimate of drug-likeness (QED) is 0.638. The average molecular weight is 152 g/mol. The Labute approximate surface area is 65.4 Å². The second-order valence-corrected chi connectivity index (χ2v) is 3.23. The molecule has 1 heterocycles. The van der Waals surface area contributed by atoms with E-state index in [1.807, 2.05) is 17.9 Å². The standard InChI is InChI=1S/C7H12N4/c1-11-6(4-9-10-11)7(5-8)2-3-7/h4H,2-3,5,8H2,1H3. The third kappa shape index (κ3) is 0.860. The van der Waals surface area contributed by atoms with Crippen LogP contribution in [-0.2, 0) is 12.5 Å². The van der Waals surface area contributed by atoms with Gasteiger partial charge in [-0.3, -0.25) is 4.68 Å². The van der Waals surface area contributed by atoms with E-state index in [0.717, 1.165) is 0 Å². The highest BCUT2D eigenvalue weighted by Gasteiger charge is 2.45. The third-order valence-corrected chi connectivity index (χ3v) is 2.50. The predicted octanol–water partition coefficient (Wildman–Crippen LogP) is -0.195. The number of aryl methyl sites for hydroxylation is 1. The van der Waals surface area contributed by atoms with E-state index in [1.54, 1.807) is 0 Å². The average Bonchev–Trinajstić information content (AvgIpc) is 2.70. The monoisotopic (exact) mass is 152 g/mol. The van der Waals surface area contributed by atoms with Gasteiger partial charge in [0.25, 0.3) is 0 Å². The van der Waals surface area contributed by atoms with Crippen molar-refractivity contribution in [1.82, 2.24) is 15.0 Å². The van der Waals surface area contributed by atoms with Crippen LogP contribution >= 0.6 is 0 Å². The molecule has 1 aromatic rings. The molecule has 2 rings (SSSR count). The molecule has 0 saturated heterocycles. The van der Waals surface area contributed by atoms with Gasteiger partial charge < -0.3 is 5.73 Å². The second-order valence-electron chi connectivity index (χ2n) is 3.23. The Hall–Kier alpha value is -0.900. The zero-order chi connectivity index (χ0) is 7.90. The molecule has 0 unspecified atom stereocenters. The van der Waals surface area contributed by atoms with E-state index in [4.69, 9.17) is 5.73 Å². The molecule has 0 aromatic carbocycles. The predicted molar refractivity (Wildman–Crippen MR) is 41.0 cm³/mol. The van der Waals surface area contributed by atoms with Crippen molar-refractivity contribution in [3.63, 3.8) is 0 Å². The lowest BCUT2D eigenvalue weighted by molar-refractivity contribution is 0.594. The molecule has 0 atom stereocenters. The normalized spacial score (nSPS) is 20.2. The molecular formula is C7H12N4. The summed E-state index contributed by atoms with van der Waals surface area (Å²) in [5.74, 6) is 0. The summed E-state index contributed by atoms with van der Waals surface area (Å²) < 4.78 is 1.82. The minimum absolute atomic E-state index is 0.220. The van der Waals surface area contributed by atoms with E-state index in [0.29, 0.717) is 6.54 Å². The van der Waals surface area contributed by atoms with Gasteiger partial charge in [0.2, 0.25) is 0 Å². The molecule has 0 aliphatic heterocycles. The lowest BCUT2D eigenvalue weighted by atomic mass is 10.0. The Morgan fingerprint density at radius 1 is 1.73 bits per heavy atom. The molecule has 0 bridgehead atoms. The number of hydrogen-bond donors (Lipinski definition) is 1. The van der Waals surface area contributed by atoms with E-state index in [-0.39, 0.29) is 5.41 Å². The van der Waals surface area contributed by atoms with Gasteiger partial charge in [-0.25, -0.2) is 0 Å². The Kier molecular flexibility index (Phi) is 1.26. The molecular weight excluding hydrogens is 140 g/mol. The Balaban J connectivity index is 2.35. The molecule has 1 fully saturated rings. The molecule has 60 valence electrons. The topological polar surface area (TPSA) is 56.7 Å². The zero-order valence-electron chi connectivity index (χ0n) is 6.62. The molecule has 1 aromatic heterocycles. The lowest BCUT2D eigenvalue weighted by Gasteiger charge is -2.10. The van der Waals surface area contributed by atoms with Gasteiger partial charge >= 0.3 is 0 Å². The van der Waals surface area contributed by atoms with Crippen LogP contribution in [0.2, 0.25) is 0 Å². The van der Waals surface area contributed by atoms with Crippen molar-refractivity contribution in [2.75, 3.05) is 6.54 Å². The smallest absolute Gasteiger partial charge is 0.0731 e. The van der Waals surface area contributed by atoms with Crippen molar-refractivity contribution >= 4 is 0 Å². The first kappa shape index (κ1) is 6.79. The van der Waals surface area contributed by atoms with Crippen molar-refractivity contribution in [2.45, 2.75) is 18.3 Å². The Morgan fingerprint density at radius 2 is 2.45 bits per heavy atom. The van der Waals surface area contributed by atoms with Crippen molar-refractivity contribution < 1.29 is 0 Å². The van der Waals surface area contributed by atoms with Crippen LogP contribution < -0.4 is 5.73 Å². The highest BCUT2D eigenvalue weighted by atomic mass is 15.4. The van der Waals surface area contributed by atoms with E-state index in [2.05, 4.69) is 10.3 Å². The first-order valence-corrected chi connectivity index (χ1v) is 3.84. The van der Waals surface area contributed by atoms with Crippen LogP contribution in [0.25, 0.3) is 0 Å². The maximum Gasteiger partial charge on any atom is 0.0731 e.